The number of aldehydes is 1. The van der Waals surface area contributed by atoms with E-state index in [-0.39, 0.29) is 0 Å². The van der Waals surface area contributed by atoms with Gasteiger partial charge < -0.3 is 4.90 Å². The molecule has 1 saturated heterocycles. The summed E-state index contributed by atoms with van der Waals surface area (Å²) in [5, 5.41) is 4.51. The van der Waals surface area contributed by atoms with Gasteiger partial charge in [0.1, 0.15) is 5.82 Å². The first kappa shape index (κ1) is 14.0. The lowest BCUT2D eigenvalue weighted by atomic mass is 10.2. The largest absolute Gasteiger partial charge is 0.354 e. The summed E-state index contributed by atoms with van der Waals surface area (Å²) in [6, 6.07) is 9.77. The quantitative estimate of drug-likeness (QED) is 0.808. The molecule has 0 saturated carbocycles. The molecule has 2 aromatic rings. The van der Waals surface area contributed by atoms with Gasteiger partial charge in [-0.2, -0.15) is 5.10 Å². The number of carbonyl (C=O) groups excluding carboxylic acids is 1. The van der Waals surface area contributed by atoms with Gasteiger partial charge in [-0.1, -0.05) is 18.2 Å². The van der Waals surface area contributed by atoms with Gasteiger partial charge in [0.2, 0.25) is 0 Å². The van der Waals surface area contributed by atoms with Crippen molar-refractivity contribution in [1.82, 2.24) is 9.78 Å². The minimum absolute atomic E-state index is 0.617. The van der Waals surface area contributed by atoms with E-state index in [2.05, 4.69) is 10.00 Å². The Morgan fingerprint density at radius 3 is 2.48 bits per heavy atom. The molecule has 1 aliphatic heterocycles. The van der Waals surface area contributed by atoms with Crippen molar-refractivity contribution in [2.75, 3.05) is 29.5 Å². The van der Waals surface area contributed by atoms with Crippen LogP contribution in [0.5, 0.6) is 0 Å². The molecule has 0 atom stereocenters. The number of hydrogen-bond donors (Lipinski definition) is 0. The smallest absolute Gasteiger partial charge is 0.155 e. The normalized spacial score (nSPS) is 16.1. The highest BCUT2D eigenvalue weighted by molar-refractivity contribution is 7.85. The molecule has 1 aliphatic rings. The van der Waals surface area contributed by atoms with Gasteiger partial charge in [-0.15, -0.1) is 0 Å². The van der Waals surface area contributed by atoms with E-state index in [0.717, 1.165) is 23.5 Å². The lowest BCUT2D eigenvalue weighted by molar-refractivity contribution is 0.112. The van der Waals surface area contributed by atoms with Crippen LogP contribution >= 0.6 is 0 Å². The fraction of sp³-hybridized carbons (Fsp3) is 0.333. The zero-order valence-corrected chi connectivity index (χ0v) is 12.7. The van der Waals surface area contributed by atoms with Crippen molar-refractivity contribution in [3.05, 3.63) is 41.6 Å². The maximum atomic E-state index is 11.5. The van der Waals surface area contributed by atoms with Crippen LogP contribution in [0.4, 0.5) is 5.82 Å². The molecule has 1 aromatic heterocycles. The molecule has 0 N–H and O–H groups in total. The van der Waals surface area contributed by atoms with Gasteiger partial charge >= 0.3 is 0 Å². The van der Waals surface area contributed by atoms with Gasteiger partial charge in [0.25, 0.3) is 0 Å². The second kappa shape index (κ2) is 5.81. The van der Waals surface area contributed by atoms with Crippen molar-refractivity contribution in [1.29, 1.82) is 0 Å². The van der Waals surface area contributed by atoms with Crippen LogP contribution in [0.15, 0.2) is 30.3 Å². The van der Waals surface area contributed by atoms with Crippen molar-refractivity contribution >= 4 is 22.9 Å². The number of rotatable bonds is 3. The van der Waals surface area contributed by atoms with Crippen molar-refractivity contribution in [2.45, 2.75) is 6.92 Å². The number of anilines is 1. The number of hydrogen-bond acceptors (Lipinski definition) is 4. The predicted molar refractivity (Wildman–Crippen MR) is 83.8 cm³/mol. The predicted octanol–water partition coefficient (Wildman–Crippen LogP) is 1.56. The van der Waals surface area contributed by atoms with Crippen molar-refractivity contribution in [3.63, 3.8) is 0 Å². The molecule has 1 aromatic carbocycles. The second-order valence-corrected chi connectivity index (χ2v) is 6.72. The van der Waals surface area contributed by atoms with E-state index >= 15 is 0 Å². The Labute approximate surface area is 126 Å². The molecule has 1 fully saturated rings. The molecular formula is C15H17N3O2S. The first-order chi connectivity index (χ1) is 10.2. The molecule has 0 spiro atoms. The third-order valence-corrected chi connectivity index (χ3v) is 4.95. The van der Waals surface area contributed by atoms with Crippen LogP contribution in [0.1, 0.15) is 16.1 Å². The van der Waals surface area contributed by atoms with Gasteiger partial charge in [-0.05, 0) is 19.1 Å². The maximum Gasteiger partial charge on any atom is 0.155 e. The van der Waals surface area contributed by atoms with Crippen LogP contribution in [-0.4, -0.2) is 44.9 Å². The summed E-state index contributed by atoms with van der Waals surface area (Å²) in [4.78, 5) is 13.6. The number of benzene rings is 1. The lowest BCUT2D eigenvalue weighted by Crippen LogP contribution is -2.39. The summed E-state index contributed by atoms with van der Waals surface area (Å²) in [5.74, 6) is 2.08. The van der Waals surface area contributed by atoms with Crippen LogP contribution in [0.3, 0.4) is 0 Å². The summed E-state index contributed by atoms with van der Waals surface area (Å²) in [7, 11) is -0.747. The highest BCUT2D eigenvalue weighted by atomic mass is 32.2. The summed E-state index contributed by atoms with van der Waals surface area (Å²) >= 11 is 0. The minimum Gasteiger partial charge on any atom is -0.354 e. The molecule has 0 aliphatic carbocycles. The number of carbonyl (C=O) groups is 1. The molecule has 2 heterocycles. The topological polar surface area (TPSA) is 55.2 Å². The highest BCUT2D eigenvalue weighted by Gasteiger charge is 2.24. The average molecular weight is 303 g/mol. The standard InChI is InChI=1S/C15H17N3O2S/c1-12-14(11-19)15(17-7-9-21(20)10-8-17)18(16-12)13-5-3-2-4-6-13/h2-6,11H,7-10H2,1H3. The molecular weight excluding hydrogens is 286 g/mol. The van der Waals surface area contributed by atoms with Gasteiger partial charge in [-0.3, -0.25) is 9.00 Å². The molecule has 5 nitrogen and oxygen atoms in total. The fourth-order valence-electron chi connectivity index (χ4n) is 2.57. The molecule has 21 heavy (non-hydrogen) atoms. The molecule has 6 heteroatoms. The summed E-state index contributed by atoms with van der Waals surface area (Å²) in [6.45, 7) is 3.21. The van der Waals surface area contributed by atoms with E-state index in [4.69, 9.17) is 0 Å². The van der Waals surface area contributed by atoms with Crippen LogP contribution in [-0.2, 0) is 10.8 Å². The summed E-state index contributed by atoms with van der Waals surface area (Å²) in [5.41, 5.74) is 2.26. The van der Waals surface area contributed by atoms with Gasteiger partial charge in [0.05, 0.1) is 16.9 Å². The molecule has 0 amide bonds. The van der Waals surface area contributed by atoms with Crippen LogP contribution in [0, 0.1) is 6.92 Å². The third kappa shape index (κ3) is 2.63. The average Bonchev–Trinajstić information content (AvgIpc) is 2.85. The van der Waals surface area contributed by atoms with E-state index in [0.29, 0.717) is 30.2 Å². The summed E-state index contributed by atoms with van der Waals surface area (Å²) in [6.07, 6.45) is 0.864. The van der Waals surface area contributed by atoms with E-state index in [1.54, 1.807) is 0 Å². The Morgan fingerprint density at radius 2 is 1.86 bits per heavy atom. The van der Waals surface area contributed by atoms with Crippen LogP contribution in [0.2, 0.25) is 0 Å². The Morgan fingerprint density at radius 1 is 1.19 bits per heavy atom. The Balaban J connectivity index is 2.09. The van der Waals surface area contributed by atoms with Crippen molar-refractivity contribution < 1.29 is 9.00 Å². The van der Waals surface area contributed by atoms with E-state index in [9.17, 15) is 9.00 Å². The Hall–Kier alpha value is -1.95. The Bertz CT molecular complexity index is 672. The number of para-hydroxylation sites is 1. The van der Waals surface area contributed by atoms with Crippen LogP contribution < -0.4 is 4.90 Å². The number of nitrogens with zero attached hydrogens (tertiary/aromatic N) is 3. The molecule has 110 valence electrons. The SMILES string of the molecule is Cc1nn(-c2ccccc2)c(N2CCS(=O)CC2)c1C=O. The first-order valence-electron chi connectivity index (χ1n) is 6.91. The monoisotopic (exact) mass is 303 g/mol. The van der Waals surface area contributed by atoms with E-state index < -0.39 is 10.8 Å². The zero-order valence-electron chi connectivity index (χ0n) is 11.9. The lowest BCUT2D eigenvalue weighted by Gasteiger charge is -2.29. The number of aryl methyl sites for hydroxylation is 1. The van der Waals surface area contributed by atoms with Gasteiger partial charge in [0, 0.05) is 35.4 Å². The Kier molecular flexibility index (Phi) is 3.88. The third-order valence-electron chi connectivity index (χ3n) is 3.68. The fourth-order valence-corrected chi connectivity index (χ4v) is 3.62. The molecule has 0 radical (unpaired) electrons. The van der Waals surface area contributed by atoms with Crippen molar-refractivity contribution in [3.8, 4) is 5.69 Å². The molecule has 3 rings (SSSR count). The first-order valence-corrected chi connectivity index (χ1v) is 8.39. The molecule has 0 unspecified atom stereocenters. The van der Waals surface area contributed by atoms with E-state index in [1.165, 1.54) is 0 Å². The van der Waals surface area contributed by atoms with E-state index in [1.807, 2.05) is 41.9 Å². The zero-order chi connectivity index (χ0) is 14.8. The maximum absolute atomic E-state index is 11.5. The van der Waals surface area contributed by atoms with Gasteiger partial charge in [-0.25, -0.2) is 4.68 Å². The second-order valence-electron chi connectivity index (χ2n) is 5.02. The van der Waals surface area contributed by atoms with Crippen LogP contribution in [0.25, 0.3) is 5.69 Å². The van der Waals surface area contributed by atoms with Gasteiger partial charge in [0.15, 0.2) is 6.29 Å². The molecule has 0 bridgehead atoms. The highest BCUT2D eigenvalue weighted by Crippen LogP contribution is 2.26. The summed E-state index contributed by atoms with van der Waals surface area (Å²) < 4.78 is 13.4. The minimum atomic E-state index is -0.747. The number of aromatic nitrogens is 2. The van der Waals surface area contributed by atoms with Crippen molar-refractivity contribution in [2.24, 2.45) is 0 Å².